The number of pyridine rings is 1. The molecule has 0 bridgehead atoms. The topological polar surface area (TPSA) is 150 Å². The first-order chi connectivity index (χ1) is 11.5. The molecule has 2 atom stereocenters. The normalized spacial score (nSPS) is 30.6. The maximum atomic E-state index is 11.2. The van der Waals surface area contributed by atoms with Crippen LogP contribution in [0.15, 0.2) is 17.3 Å². The summed E-state index contributed by atoms with van der Waals surface area (Å²) in [6, 6.07) is 1.64. The highest BCUT2D eigenvalue weighted by Crippen LogP contribution is 2.66. The van der Waals surface area contributed by atoms with Gasteiger partial charge in [0.1, 0.15) is 16.1 Å². The second-order valence-electron chi connectivity index (χ2n) is 6.89. The summed E-state index contributed by atoms with van der Waals surface area (Å²) < 4.78 is 26.6. The molecule has 0 radical (unpaired) electrons. The molecule has 10 heteroatoms. The fraction of sp³-hybridized carbons (Fsp3) is 0.533. The van der Waals surface area contributed by atoms with E-state index in [9.17, 15) is 13.9 Å². The van der Waals surface area contributed by atoms with Crippen molar-refractivity contribution in [1.82, 2.24) is 10.3 Å². The Morgan fingerprint density at radius 3 is 2.76 bits per heavy atom. The number of carbonyl (C=O) groups is 1. The molecule has 9 nitrogen and oxygen atoms in total. The van der Waals surface area contributed by atoms with Crippen LogP contribution in [0.1, 0.15) is 32.8 Å². The third-order valence-electron chi connectivity index (χ3n) is 4.95. The van der Waals surface area contributed by atoms with Crippen molar-refractivity contribution in [3.63, 3.8) is 0 Å². The van der Waals surface area contributed by atoms with E-state index in [1.165, 1.54) is 6.20 Å². The minimum atomic E-state index is -3.30. The molecular formula is C15H22N4O5S. The van der Waals surface area contributed by atoms with Crippen LogP contribution in [0.2, 0.25) is 0 Å². The van der Waals surface area contributed by atoms with Gasteiger partial charge < -0.3 is 15.6 Å². The van der Waals surface area contributed by atoms with Crippen molar-refractivity contribution in [2.75, 3.05) is 12.3 Å². The highest BCUT2D eigenvalue weighted by molar-refractivity contribution is 8.26. The summed E-state index contributed by atoms with van der Waals surface area (Å²) in [5, 5.41) is 10.7. The quantitative estimate of drug-likeness (QED) is 0.470. The lowest BCUT2D eigenvalue weighted by molar-refractivity contribution is 0.199. The predicted octanol–water partition coefficient (Wildman–Crippen LogP) is 2.24. The van der Waals surface area contributed by atoms with Crippen LogP contribution in [0.3, 0.4) is 0 Å². The third-order valence-corrected chi connectivity index (χ3v) is 8.13. The minimum absolute atomic E-state index is 0.00553. The van der Waals surface area contributed by atoms with Gasteiger partial charge in [0.05, 0.1) is 23.7 Å². The average Bonchev–Trinajstić information content (AvgIpc) is 2.63. The molecule has 3 heterocycles. The van der Waals surface area contributed by atoms with Gasteiger partial charge in [-0.3, -0.25) is 19.4 Å². The molecule has 0 aliphatic carbocycles. The van der Waals surface area contributed by atoms with Crippen LogP contribution in [0.5, 0.6) is 5.88 Å². The van der Waals surface area contributed by atoms with E-state index < -0.39 is 32.2 Å². The molecule has 0 unspecified atom stereocenters. The average molecular weight is 370 g/mol. The number of hydrogen-bond donors (Lipinski definition) is 5. The fourth-order valence-corrected chi connectivity index (χ4v) is 5.76. The predicted molar refractivity (Wildman–Crippen MR) is 95.4 cm³/mol. The molecule has 1 amide bonds. The van der Waals surface area contributed by atoms with Crippen molar-refractivity contribution in [2.45, 2.75) is 42.7 Å². The van der Waals surface area contributed by atoms with Crippen LogP contribution in [0.4, 0.5) is 10.5 Å². The Bertz CT molecular complexity index is 766. The Morgan fingerprint density at radius 1 is 1.44 bits per heavy atom. The highest BCUT2D eigenvalue weighted by atomic mass is 32.3. The van der Waals surface area contributed by atoms with Crippen LogP contribution in [-0.2, 0) is 5.54 Å². The van der Waals surface area contributed by atoms with Gasteiger partial charge in [0.25, 0.3) is 0 Å². The monoisotopic (exact) mass is 370 g/mol. The number of nitrogens with two attached hydrogens (primary N) is 1. The number of fused-ring (bicyclic) bond motifs is 3. The Kier molecular flexibility index (Phi) is 3.90. The van der Waals surface area contributed by atoms with E-state index >= 15 is 0 Å². The maximum absolute atomic E-state index is 11.2. The van der Waals surface area contributed by atoms with Crippen LogP contribution in [0, 0.1) is 0 Å². The van der Waals surface area contributed by atoms with E-state index in [1.807, 2.05) is 0 Å². The minimum Gasteiger partial charge on any atom is -0.477 e. The number of amidine groups is 1. The van der Waals surface area contributed by atoms with Crippen LogP contribution in [0.25, 0.3) is 0 Å². The second-order valence-corrected chi connectivity index (χ2v) is 9.66. The van der Waals surface area contributed by atoms with Crippen LogP contribution < -0.4 is 15.8 Å². The largest absolute Gasteiger partial charge is 0.477 e. The van der Waals surface area contributed by atoms with Gasteiger partial charge in [-0.05, 0) is 26.8 Å². The Labute approximate surface area is 146 Å². The molecule has 1 aromatic heterocycles. The molecule has 0 saturated heterocycles. The number of anilines is 1. The number of nitrogen functional groups attached to an aromatic ring is 1. The molecule has 0 saturated carbocycles. The number of amides is 1. The summed E-state index contributed by atoms with van der Waals surface area (Å²) in [4.78, 5) is 20.0. The van der Waals surface area contributed by atoms with Crippen molar-refractivity contribution in [3.05, 3.63) is 17.8 Å². The number of hydrogen-bond acceptors (Lipinski definition) is 7. The molecule has 0 fully saturated rings. The molecular weight excluding hydrogens is 348 g/mol. The Balaban J connectivity index is 2.29. The van der Waals surface area contributed by atoms with Crippen LogP contribution in [-0.4, -0.2) is 47.7 Å². The molecule has 6 N–H and O–H groups in total. The van der Waals surface area contributed by atoms with Crippen molar-refractivity contribution < 1.29 is 23.7 Å². The highest BCUT2D eigenvalue weighted by Gasteiger charge is 2.58. The first kappa shape index (κ1) is 17.8. The van der Waals surface area contributed by atoms with E-state index in [2.05, 4.69) is 15.3 Å². The number of ether oxygens (including phenoxy) is 1. The van der Waals surface area contributed by atoms with E-state index in [0.29, 0.717) is 23.6 Å². The van der Waals surface area contributed by atoms with Crippen molar-refractivity contribution >= 4 is 28.2 Å². The van der Waals surface area contributed by atoms with Gasteiger partial charge in [0.2, 0.25) is 5.88 Å². The molecule has 0 spiro atoms. The molecule has 0 aromatic carbocycles. The molecule has 138 valence electrons. The number of aliphatic imine (C=N–C) groups is 1. The first-order valence-corrected chi connectivity index (χ1v) is 9.37. The third kappa shape index (κ3) is 2.52. The Morgan fingerprint density at radius 2 is 2.12 bits per heavy atom. The van der Waals surface area contributed by atoms with Gasteiger partial charge in [-0.25, -0.2) is 9.78 Å². The zero-order chi connectivity index (χ0) is 18.6. The Hall–Kier alpha value is -2.04. The number of nitrogens with one attached hydrogen (secondary N) is 1. The standard InChI is InChI=1S/C15H22N4O5S/c1-14(2)12(18-13(20)21)19-15(3)9-6-8(16)7-17-11(9)24-5-4-10(15)25(14,22)23/h6-7,10,22-23H,4-5,16H2,1-3H3,(H,18,19)(H,20,21)/t10-,15+/m0/s1. The summed E-state index contributed by atoms with van der Waals surface area (Å²) in [6.07, 6.45) is 0.468. The zero-order valence-electron chi connectivity index (χ0n) is 14.2. The lowest BCUT2D eigenvalue weighted by Crippen LogP contribution is -2.58. The van der Waals surface area contributed by atoms with Gasteiger partial charge >= 0.3 is 6.09 Å². The second kappa shape index (κ2) is 5.48. The number of nitrogens with zero attached hydrogens (tertiary/aromatic N) is 2. The number of carboxylic acid groups (broad SMARTS) is 1. The summed E-state index contributed by atoms with van der Waals surface area (Å²) in [5.74, 6) is 0.307. The molecule has 25 heavy (non-hydrogen) atoms. The van der Waals surface area contributed by atoms with E-state index in [0.717, 1.165) is 0 Å². The summed E-state index contributed by atoms with van der Waals surface area (Å²) in [5.41, 5.74) is 5.61. The van der Waals surface area contributed by atoms with Gasteiger partial charge in [-0.15, -0.1) is 0 Å². The van der Waals surface area contributed by atoms with Gasteiger partial charge in [0, 0.05) is 12.0 Å². The zero-order valence-corrected chi connectivity index (χ0v) is 15.0. The van der Waals surface area contributed by atoms with Gasteiger partial charge in [-0.1, -0.05) is 0 Å². The van der Waals surface area contributed by atoms with E-state index in [4.69, 9.17) is 15.6 Å². The number of rotatable bonds is 0. The van der Waals surface area contributed by atoms with Gasteiger partial charge in [-0.2, -0.15) is 10.6 Å². The summed E-state index contributed by atoms with van der Waals surface area (Å²) in [6.45, 7) is 5.11. The SMILES string of the molecule is CC1(C)C(NC(=O)O)=N[C@]2(C)c3cc(N)cnc3OCC[C@@H]2S1(O)O. The molecule has 3 rings (SSSR count). The lowest BCUT2D eigenvalue weighted by Gasteiger charge is -2.58. The van der Waals surface area contributed by atoms with Gasteiger partial charge in [0.15, 0.2) is 0 Å². The fourth-order valence-electron chi connectivity index (χ4n) is 3.42. The van der Waals surface area contributed by atoms with Crippen molar-refractivity contribution in [1.29, 1.82) is 0 Å². The van der Waals surface area contributed by atoms with Crippen molar-refractivity contribution in [3.8, 4) is 5.88 Å². The summed E-state index contributed by atoms with van der Waals surface area (Å²) in [7, 11) is -3.30. The van der Waals surface area contributed by atoms with Crippen LogP contribution >= 0.6 is 10.6 Å². The number of aromatic nitrogens is 1. The summed E-state index contributed by atoms with van der Waals surface area (Å²) >= 11 is 0. The lowest BCUT2D eigenvalue weighted by atomic mass is 9.87. The maximum Gasteiger partial charge on any atom is 0.410 e. The van der Waals surface area contributed by atoms with Crippen molar-refractivity contribution in [2.24, 2.45) is 4.99 Å². The smallest absolute Gasteiger partial charge is 0.410 e. The first-order valence-electron chi connectivity index (χ1n) is 7.76. The molecule has 2 aliphatic rings. The molecule has 1 aromatic rings. The molecule has 2 aliphatic heterocycles. The van der Waals surface area contributed by atoms with E-state index in [-0.39, 0.29) is 12.4 Å². The van der Waals surface area contributed by atoms with E-state index in [1.54, 1.807) is 26.8 Å².